The molecule has 1 aliphatic carbocycles. The van der Waals surface area contributed by atoms with Crippen LogP contribution in [0.15, 0.2) is 0 Å². The molecule has 0 unspecified atom stereocenters. The van der Waals surface area contributed by atoms with Crippen LogP contribution < -0.4 is 0 Å². The molecule has 2 heterocycles. The van der Waals surface area contributed by atoms with Gasteiger partial charge in [-0.3, -0.25) is 0 Å². The van der Waals surface area contributed by atoms with Crippen molar-refractivity contribution in [2.75, 3.05) is 51.3 Å². The summed E-state index contributed by atoms with van der Waals surface area (Å²) in [6, 6.07) is 0. The molecule has 0 aromatic rings. The fourth-order valence-corrected chi connectivity index (χ4v) is 6.10. The smallest absolute Gasteiger partial charge is 0.148 e. The molecule has 23 heavy (non-hydrogen) atoms. The van der Waals surface area contributed by atoms with Crippen LogP contribution >= 0.6 is 0 Å². The summed E-state index contributed by atoms with van der Waals surface area (Å²) in [5.74, 6) is 2.08. The van der Waals surface area contributed by atoms with Gasteiger partial charge in [-0.05, 0) is 75.4 Å². The molecule has 2 aliphatic heterocycles. The van der Waals surface area contributed by atoms with Crippen molar-refractivity contribution in [2.24, 2.45) is 17.3 Å². The van der Waals surface area contributed by atoms with Crippen molar-refractivity contribution in [2.45, 2.75) is 45.4 Å². The summed E-state index contributed by atoms with van der Waals surface area (Å²) in [6.07, 6.45) is 8.94. The number of piperidine rings is 2. The molecular formula is C18H34N2O2S. The first-order valence-corrected chi connectivity index (χ1v) is 11.5. The van der Waals surface area contributed by atoms with Crippen LogP contribution in [0.4, 0.5) is 0 Å². The van der Waals surface area contributed by atoms with Crippen LogP contribution in [-0.4, -0.2) is 69.5 Å². The molecule has 3 aliphatic rings. The predicted octanol–water partition coefficient (Wildman–Crippen LogP) is 2.26. The quantitative estimate of drug-likeness (QED) is 0.742. The van der Waals surface area contributed by atoms with Gasteiger partial charge < -0.3 is 9.80 Å². The lowest BCUT2D eigenvalue weighted by molar-refractivity contribution is 0.102. The summed E-state index contributed by atoms with van der Waals surface area (Å²) >= 11 is 0. The minimum absolute atomic E-state index is 0.0933. The van der Waals surface area contributed by atoms with E-state index in [1.807, 2.05) is 0 Å². The topological polar surface area (TPSA) is 40.6 Å². The van der Waals surface area contributed by atoms with Crippen molar-refractivity contribution < 1.29 is 8.42 Å². The molecule has 3 fully saturated rings. The molecule has 3 rings (SSSR count). The van der Waals surface area contributed by atoms with E-state index in [1.54, 1.807) is 0 Å². The molecule has 0 bridgehead atoms. The van der Waals surface area contributed by atoms with Crippen molar-refractivity contribution in [1.82, 2.24) is 9.80 Å². The molecule has 0 spiro atoms. The Morgan fingerprint density at radius 3 is 2.35 bits per heavy atom. The number of nitrogens with zero attached hydrogens (tertiary/aromatic N) is 2. The lowest BCUT2D eigenvalue weighted by Gasteiger charge is -2.39. The molecule has 5 heteroatoms. The Hall–Kier alpha value is -0.130. The van der Waals surface area contributed by atoms with E-state index >= 15 is 0 Å². The first-order chi connectivity index (χ1) is 10.8. The van der Waals surface area contributed by atoms with Gasteiger partial charge in [0.25, 0.3) is 0 Å². The molecule has 134 valence electrons. The Morgan fingerprint density at radius 1 is 1.04 bits per heavy atom. The summed E-state index contributed by atoms with van der Waals surface area (Å²) in [5, 5.41) is 0. The highest BCUT2D eigenvalue weighted by Crippen LogP contribution is 2.47. The zero-order valence-electron chi connectivity index (χ0n) is 15.0. The van der Waals surface area contributed by atoms with E-state index in [-0.39, 0.29) is 5.41 Å². The minimum Gasteiger partial charge on any atom is -0.303 e. The number of rotatable bonds is 6. The molecule has 4 nitrogen and oxygen atoms in total. The van der Waals surface area contributed by atoms with Crippen LogP contribution in [0.2, 0.25) is 0 Å². The fraction of sp³-hybridized carbons (Fsp3) is 1.00. The second kappa shape index (κ2) is 7.01. The van der Waals surface area contributed by atoms with E-state index in [2.05, 4.69) is 16.7 Å². The second-order valence-electron chi connectivity index (χ2n) is 8.80. The third kappa shape index (κ3) is 5.43. The van der Waals surface area contributed by atoms with Crippen LogP contribution in [0.25, 0.3) is 0 Å². The average Bonchev–Trinajstić information content (AvgIpc) is 3.18. The molecule has 0 amide bonds. The molecule has 0 aromatic heterocycles. The lowest BCUT2D eigenvalue weighted by Crippen LogP contribution is -2.45. The van der Waals surface area contributed by atoms with Gasteiger partial charge in [0.2, 0.25) is 0 Å². The summed E-state index contributed by atoms with van der Waals surface area (Å²) < 4.78 is 23.3. The normalized spacial score (nSPS) is 30.4. The number of sulfone groups is 1. The average molecular weight is 343 g/mol. The van der Waals surface area contributed by atoms with Gasteiger partial charge in [0.15, 0.2) is 0 Å². The van der Waals surface area contributed by atoms with E-state index in [0.29, 0.717) is 5.75 Å². The molecule has 0 aromatic carbocycles. The Kier molecular flexibility index (Phi) is 5.39. The third-order valence-corrected chi connectivity index (χ3v) is 7.22. The Morgan fingerprint density at radius 2 is 1.74 bits per heavy atom. The van der Waals surface area contributed by atoms with E-state index < -0.39 is 9.84 Å². The highest BCUT2D eigenvalue weighted by Gasteiger charge is 2.46. The first-order valence-electron chi connectivity index (χ1n) is 9.46. The highest BCUT2D eigenvalue weighted by atomic mass is 32.2. The van der Waals surface area contributed by atoms with Gasteiger partial charge in [0.1, 0.15) is 9.84 Å². The zero-order chi connectivity index (χ0) is 16.5. The van der Waals surface area contributed by atoms with Gasteiger partial charge in [-0.2, -0.15) is 0 Å². The summed E-state index contributed by atoms with van der Waals surface area (Å²) in [6.45, 7) is 9.52. The maximum Gasteiger partial charge on any atom is 0.148 e. The lowest BCUT2D eigenvalue weighted by atomic mass is 9.93. The fourth-order valence-electron chi connectivity index (χ4n) is 4.61. The maximum atomic E-state index is 11.7. The second-order valence-corrected chi connectivity index (χ2v) is 10.9. The van der Waals surface area contributed by atoms with Gasteiger partial charge in [-0.15, -0.1) is 0 Å². The van der Waals surface area contributed by atoms with Crippen molar-refractivity contribution >= 4 is 9.84 Å². The number of likely N-dealkylation sites (tertiary alicyclic amines) is 2. The summed E-state index contributed by atoms with van der Waals surface area (Å²) in [7, 11) is -2.85. The zero-order valence-corrected chi connectivity index (χ0v) is 15.8. The van der Waals surface area contributed by atoms with E-state index in [1.165, 1.54) is 64.7 Å². The van der Waals surface area contributed by atoms with Crippen LogP contribution in [0.3, 0.4) is 0 Å². The van der Waals surface area contributed by atoms with E-state index in [0.717, 1.165) is 31.2 Å². The third-order valence-electron chi connectivity index (χ3n) is 6.08. The van der Waals surface area contributed by atoms with Gasteiger partial charge in [0, 0.05) is 25.9 Å². The van der Waals surface area contributed by atoms with E-state index in [9.17, 15) is 8.42 Å². The number of hydrogen-bond acceptors (Lipinski definition) is 4. The largest absolute Gasteiger partial charge is 0.303 e. The van der Waals surface area contributed by atoms with Crippen molar-refractivity contribution in [1.29, 1.82) is 0 Å². The molecule has 1 atom stereocenters. The number of hydrogen-bond donors (Lipinski definition) is 0. The minimum atomic E-state index is -2.85. The first kappa shape index (κ1) is 17.7. The Balaban J connectivity index is 1.47. The molecular weight excluding hydrogens is 308 g/mol. The van der Waals surface area contributed by atoms with Crippen LogP contribution in [0.5, 0.6) is 0 Å². The standard InChI is InChI=1S/C18H34N2O2S/c1-16-5-10-19(11-6-16)12-17-4-3-9-20(13-17)14-18(7-8-18)15-23(2,21)22/h16-17H,3-15H2,1-2H3/t17-/m0/s1. The van der Waals surface area contributed by atoms with Crippen LogP contribution in [0.1, 0.15) is 45.4 Å². The maximum absolute atomic E-state index is 11.7. The Labute approximate surface area is 142 Å². The predicted molar refractivity (Wildman–Crippen MR) is 95.4 cm³/mol. The van der Waals surface area contributed by atoms with Gasteiger partial charge >= 0.3 is 0 Å². The van der Waals surface area contributed by atoms with Crippen LogP contribution in [-0.2, 0) is 9.84 Å². The van der Waals surface area contributed by atoms with Gasteiger partial charge in [-0.1, -0.05) is 6.92 Å². The SMILES string of the molecule is CC1CCN(C[C@@H]2CCCN(CC3(CS(C)(=O)=O)CC3)C2)CC1. The molecule has 2 saturated heterocycles. The monoisotopic (exact) mass is 342 g/mol. The Bertz CT molecular complexity index is 493. The van der Waals surface area contributed by atoms with E-state index in [4.69, 9.17) is 0 Å². The van der Waals surface area contributed by atoms with Crippen molar-refractivity contribution in [3.8, 4) is 0 Å². The highest BCUT2D eigenvalue weighted by molar-refractivity contribution is 7.90. The molecule has 1 saturated carbocycles. The summed E-state index contributed by atoms with van der Waals surface area (Å²) in [4.78, 5) is 5.23. The molecule has 0 radical (unpaired) electrons. The van der Waals surface area contributed by atoms with Crippen molar-refractivity contribution in [3.63, 3.8) is 0 Å². The van der Waals surface area contributed by atoms with Gasteiger partial charge in [-0.25, -0.2) is 8.42 Å². The van der Waals surface area contributed by atoms with Crippen molar-refractivity contribution in [3.05, 3.63) is 0 Å². The molecule has 0 N–H and O–H groups in total. The van der Waals surface area contributed by atoms with Gasteiger partial charge in [0.05, 0.1) is 5.75 Å². The summed E-state index contributed by atoms with van der Waals surface area (Å²) in [5.41, 5.74) is 0.0933. The van der Waals surface area contributed by atoms with Crippen LogP contribution in [0, 0.1) is 17.3 Å².